The molecule has 1 aliphatic rings. The molecule has 4 amide bonds. The minimum Gasteiger partial charge on any atom is -0.497 e. The number of hydrogen-bond donors (Lipinski definition) is 2. The van der Waals surface area contributed by atoms with Crippen molar-refractivity contribution in [2.75, 3.05) is 30.9 Å². The number of imide groups is 1. The van der Waals surface area contributed by atoms with Gasteiger partial charge in [-0.05, 0) is 60.3 Å². The number of rotatable bonds is 9. The predicted molar refractivity (Wildman–Crippen MR) is 141 cm³/mol. The van der Waals surface area contributed by atoms with Crippen molar-refractivity contribution >= 4 is 52.2 Å². The third-order valence-corrected chi connectivity index (χ3v) is 6.08. The zero-order valence-electron chi connectivity index (χ0n) is 19.8. The van der Waals surface area contributed by atoms with E-state index in [9.17, 15) is 19.2 Å². The van der Waals surface area contributed by atoms with E-state index in [1.807, 2.05) is 18.2 Å². The van der Waals surface area contributed by atoms with E-state index in [-0.39, 0.29) is 17.4 Å². The number of anilines is 2. The summed E-state index contributed by atoms with van der Waals surface area (Å²) < 4.78 is 10.8. The molecule has 10 heteroatoms. The number of ether oxygens (including phenoxy) is 2. The van der Waals surface area contributed by atoms with Crippen molar-refractivity contribution in [3.05, 3.63) is 89.3 Å². The number of hydrogen-bond acceptors (Lipinski definition) is 7. The maximum absolute atomic E-state index is 12.9. The molecule has 0 saturated carbocycles. The number of carbonyl (C=O) groups is 4. The summed E-state index contributed by atoms with van der Waals surface area (Å²) in [5.41, 5.74) is 1.67. The van der Waals surface area contributed by atoms with Gasteiger partial charge in [0.1, 0.15) is 18.0 Å². The Morgan fingerprint density at radius 1 is 0.865 bits per heavy atom. The van der Waals surface area contributed by atoms with Gasteiger partial charge in [-0.25, -0.2) is 0 Å². The maximum atomic E-state index is 12.9. The smallest absolute Gasteiger partial charge is 0.294 e. The van der Waals surface area contributed by atoms with Gasteiger partial charge in [-0.3, -0.25) is 24.1 Å². The van der Waals surface area contributed by atoms with Crippen LogP contribution in [0.25, 0.3) is 6.08 Å². The first-order valence-electron chi connectivity index (χ1n) is 11.2. The molecule has 1 saturated heterocycles. The molecular weight excluding hydrogens is 494 g/mol. The Balaban J connectivity index is 1.38. The van der Waals surface area contributed by atoms with Crippen LogP contribution in [0.3, 0.4) is 0 Å². The minimum atomic E-state index is -0.587. The van der Waals surface area contributed by atoms with E-state index >= 15 is 0 Å². The lowest BCUT2D eigenvalue weighted by atomic mass is 10.2. The summed E-state index contributed by atoms with van der Waals surface area (Å²) in [6, 6.07) is 22.5. The second-order valence-electron chi connectivity index (χ2n) is 7.79. The van der Waals surface area contributed by atoms with E-state index in [0.29, 0.717) is 28.4 Å². The molecular formula is C27H23N3O6S. The molecule has 0 radical (unpaired) electrons. The summed E-state index contributed by atoms with van der Waals surface area (Å²) in [5.74, 6) is -0.437. The molecule has 3 aromatic carbocycles. The van der Waals surface area contributed by atoms with E-state index in [4.69, 9.17) is 9.47 Å². The molecule has 3 aromatic rings. The van der Waals surface area contributed by atoms with Crippen LogP contribution in [-0.2, 0) is 14.4 Å². The Labute approximate surface area is 217 Å². The Morgan fingerprint density at radius 3 is 2.24 bits per heavy atom. The molecule has 2 N–H and O–H groups in total. The molecule has 0 spiro atoms. The molecule has 0 bridgehead atoms. The number of benzene rings is 3. The topological polar surface area (TPSA) is 114 Å². The molecule has 0 unspecified atom stereocenters. The summed E-state index contributed by atoms with van der Waals surface area (Å²) in [6.45, 7) is -0.668. The molecule has 188 valence electrons. The molecule has 1 fully saturated rings. The highest BCUT2D eigenvalue weighted by atomic mass is 32.2. The standard InChI is InChI=1S/C27H23N3O6S/c1-35-21-13-11-20(12-14-21)28-24(31)16-30-26(33)23(37-27(30)34)15-18-7-5-6-10-22(18)36-17-25(32)29-19-8-3-2-4-9-19/h2-15H,16-17H2,1H3,(H,28,31)(H,29,32)/b23-15+. The summed E-state index contributed by atoms with van der Waals surface area (Å²) in [4.78, 5) is 51.1. The minimum absolute atomic E-state index is 0.145. The number of nitrogens with one attached hydrogen (secondary N) is 2. The van der Waals surface area contributed by atoms with Gasteiger partial charge in [0.2, 0.25) is 5.91 Å². The third-order valence-electron chi connectivity index (χ3n) is 5.17. The Hall–Kier alpha value is -4.57. The van der Waals surface area contributed by atoms with Crippen molar-refractivity contribution in [2.45, 2.75) is 0 Å². The third kappa shape index (κ3) is 6.77. The van der Waals surface area contributed by atoms with Crippen LogP contribution in [0.4, 0.5) is 16.2 Å². The lowest BCUT2D eigenvalue weighted by Gasteiger charge is -2.13. The van der Waals surface area contributed by atoms with E-state index < -0.39 is 23.6 Å². The van der Waals surface area contributed by atoms with Gasteiger partial charge in [0.05, 0.1) is 12.0 Å². The van der Waals surface area contributed by atoms with Crippen molar-refractivity contribution in [2.24, 2.45) is 0 Å². The fourth-order valence-electron chi connectivity index (χ4n) is 3.39. The van der Waals surface area contributed by atoms with Gasteiger partial charge >= 0.3 is 0 Å². The van der Waals surface area contributed by atoms with Gasteiger partial charge in [0.15, 0.2) is 6.61 Å². The number of amides is 4. The largest absolute Gasteiger partial charge is 0.497 e. The van der Waals surface area contributed by atoms with Gasteiger partial charge in [0, 0.05) is 16.9 Å². The van der Waals surface area contributed by atoms with Crippen LogP contribution in [0.5, 0.6) is 11.5 Å². The zero-order valence-corrected chi connectivity index (χ0v) is 20.6. The predicted octanol–water partition coefficient (Wildman–Crippen LogP) is 4.39. The van der Waals surface area contributed by atoms with E-state index in [2.05, 4.69) is 10.6 Å². The first kappa shape index (κ1) is 25.5. The van der Waals surface area contributed by atoms with Gasteiger partial charge < -0.3 is 20.1 Å². The van der Waals surface area contributed by atoms with Crippen LogP contribution in [0.1, 0.15) is 5.56 Å². The van der Waals surface area contributed by atoms with Crippen molar-refractivity contribution in [3.63, 3.8) is 0 Å². The SMILES string of the molecule is COc1ccc(NC(=O)CN2C(=O)S/C(=C/c3ccccc3OCC(=O)Nc3ccccc3)C2=O)cc1. The van der Waals surface area contributed by atoms with E-state index in [1.165, 1.54) is 13.2 Å². The summed E-state index contributed by atoms with van der Waals surface area (Å²) in [6.07, 6.45) is 1.51. The fourth-order valence-corrected chi connectivity index (χ4v) is 4.22. The summed E-state index contributed by atoms with van der Waals surface area (Å²) in [7, 11) is 1.54. The molecule has 37 heavy (non-hydrogen) atoms. The molecule has 0 atom stereocenters. The maximum Gasteiger partial charge on any atom is 0.294 e. The molecule has 0 aromatic heterocycles. The molecule has 0 aliphatic carbocycles. The monoisotopic (exact) mass is 517 g/mol. The Morgan fingerprint density at radius 2 is 1.51 bits per heavy atom. The fraction of sp³-hybridized carbons (Fsp3) is 0.111. The number of carbonyl (C=O) groups excluding carboxylic acids is 4. The highest BCUT2D eigenvalue weighted by Gasteiger charge is 2.36. The molecule has 1 aliphatic heterocycles. The molecule has 4 rings (SSSR count). The van der Waals surface area contributed by atoms with Crippen LogP contribution in [0, 0.1) is 0 Å². The summed E-state index contributed by atoms with van der Waals surface area (Å²) in [5, 5.41) is 4.83. The van der Waals surface area contributed by atoms with Crippen molar-refractivity contribution in [1.29, 1.82) is 0 Å². The van der Waals surface area contributed by atoms with Crippen LogP contribution < -0.4 is 20.1 Å². The van der Waals surface area contributed by atoms with Crippen LogP contribution >= 0.6 is 11.8 Å². The van der Waals surface area contributed by atoms with E-state index in [1.54, 1.807) is 60.7 Å². The van der Waals surface area contributed by atoms with Gasteiger partial charge in [0.25, 0.3) is 17.1 Å². The molecule has 1 heterocycles. The highest BCUT2D eigenvalue weighted by molar-refractivity contribution is 8.18. The number of thioether (sulfide) groups is 1. The average Bonchev–Trinajstić information content (AvgIpc) is 3.16. The Bertz CT molecular complexity index is 1340. The first-order valence-corrected chi connectivity index (χ1v) is 12.0. The van der Waals surface area contributed by atoms with Crippen molar-refractivity contribution in [1.82, 2.24) is 4.90 Å². The van der Waals surface area contributed by atoms with Crippen molar-refractivity contribution < 1.29 is 28.7 Å². The van der Waals surface area contributed by atoms with E-state index in [0.717, 1.165) is 16.7 Å². The number of methoxy groups -OCH3 is 1. The lowest BCUT2D eigenvalue weighted by Crippen LogP contribution is -2.36. The van der Waals surface area contributed by atoms with Crippen LogP contribution in [0.15, 0.2) is 83.8 Å². The number of para-hydroxylation sites is 2. The highest BCUT2D eigenvalue weighted by Crippen LogP contribution is 2.34. The van der Waals surface area contributed by atoms with Crippen LogP contribution in [0.2, 0.25) is 0 Å². The lowest BCUT2D eigenvalue weighted by molar-refractivity contribution is -0.127. The van der Waals surface area contributed by atoms with Gasteiger partial charge in [-0.2, -0.15) is 0 Å². The quantitative estimate of drug-likeness (QED) is 0.405. The Kier molecular flexibility index (Phi) is 8.22. The second kappa shape index (κ2) is 11.9. The average molecular weight is 518 g/mol. The van der Waals surface area contributed by atoms with Gasteiger partial charge in [-0.15, -0.1) is 0 Å². The number of nitrogens with zero attached hydrogens (tertiary/aromatic N) is 1. The zero-order chi connectivity index (χ0) is 26.2. The summed E-state index contributed by atoms with van der Waals surface area (Å²) >= 11 is 0.732. The van der Waals surface area contributed by atoms with Gasteiger partial charge in [-0.1, -0.05) is 36.4 Å². The van der Waals surface area contributed by atoms with Crippen LogP contribution in [-0.4, -0.2) is 48.1 Å². The normalized spacial score (nSPS) is 14.0. The second-order valence-corrected chi connectivity index (χ2v) is 8.78. The van der Waals surface area contributed by atoms with Crippen molar-refractivity contribution in [3.8, 4) is 11.5 Å². The molecule has 9 nitrogen and oxygen atoms in total. The first-order chi connectivity index (χ1) is 17.9.